The zero-order valence-corrected chi connectivity index (χ0v) is 13.1. The molecule has 0 bridgehead atoms. The Labute approximate surface area is 120 Å². The van der Waals surface area contributed by atoms with E-state index in [0.717, 1.165) is 22.5 Å². The molecule has 6 heteroatoms. The number of sulfonamides is 1. The molecule has 1 aromatic carbocycles. The maximum atomic E-state index is 11.8. The van der Waals surface area contributed by atoms with E-state index in [1.165, 1.54) is 0 Å². The molecule has 0 aliphatic carbocycles. The Balaban J connectivity index is 2.98. The summed E-state index contributed by atoms with van der Waals surface area (Å²) >= 11 is 0. The average molecular weight is 299 g/mol. The minimum absolute atomic E-state index is 0.272. The highest BCUT2D eigenvalue weighted by Gasteiger charge is 2.22. The summed E-state index contributed by atoms with van der Waals surface area (Å²) in [7, 11) is -3.54. The van der Waals surface area contributed by atoms with Gasteiger partial charge in [-0.2, -0.15) is 0 Å². The Morgan fingerprint density at radius 3 is 2.20 bits per heavy atom. The molecule has 0 aliphatic heterocycles. The van der Waals surface area contributed by atoms with E-state index in [-0.39, 0.29) is 12.6 Å². The van der Waals surface area contributed by atoms with Crippen molar-refractivity contribution in [3.05, 3.63) is 29.8 Å². The molecule has 0 unspecified atom stereocenters. The van der Waals surface area contributed by atoms with Gasteiger partial charge in [-0.25, -0.2) is 8.42 Å². The second-order valence-corrected chi connectivity index (χ2v) is 6.74. The number of hydrogen-bond donors (Lipinski definition) is 0. The van der Waals surface area contributed by atoms with E-state index in [1.807, 2.05) is 19.1 Å². The number of aryl methyl sites for hydroxylation is 1. The van der Waals surface area contributed by atoms with Crippen molar-refractivity contribution in [3.8, 4) is 0 Å². The lowest BCUT2D eigenvalue weighted by Crippen LogP contribution is -2.36. The predicted octanol–water partition coefficient (Wildman–Crippen LogP) is 1.97. The van der Waals surface area contributed by atoms with Crippen molar-refractivity contribution in [1.29, 1.82) is 0 Å². The summed E-state index contributed by atoms with van der Waals surface area (Å²) < 4.78 is 29.7. The van der Waals surface area contributed by atoms with Crippen LogP contribution in [0.1, 0.15) is 26.3 Å². The van der Waals surface area contributed by atoms with Gasteiger partial charge in [0.2, 0.25) is 10.0 Å². The summed E-state index contributed by atoms with van der Waals surface area (Å²) in [6.07, 6.45) is 1.67. The first-order valence-electron chi connectivity index (χ1n) is 6.50. The molecule has 0 fully saturated rings. The first-order valence-corrected chi connectivity index (χ1v) is 8.35. The number of rotatable bonds is 6. The maximum absolute atomic E-state index is 11.8. The number of anilines is 1. The van der Waals surface area contributed by atoms with Crippen LogP contribution in [0.15, 0.2) is 24.3 Å². The summed E-state index contributed by atoms with van der Waals surface area (Å²) in [6, 6.07) is 7.09. The molecule has 0 aliphatic rings. The highest BCUT2D eigenvalue weighted by atomic mass is 32.2. The molecular weight excluding hydrogens is 278 g/mol. The quantitative estimate of drug-likeness (QED) is 0.753. The Morgan fingerprint density at radius 1 is 1.25 bits per heavy atom. The molecule has 0 saturated heterocycles. The third kappa shape index (κ3) is 4.85. The van der Waals surface area contributed by atoms with Gasteiger partial charge in [0, 0.05) is 0 Å². The third-order valence-electron chi connectivity index (χ3n) is 2.67. The van der Waals surface area contributed by atoms with Crippen LogP contribution in [0.5, 0.6) is 0 Å². The molecule has 0 N–H and O–H groups in total. The van der Waals surface area contributed by atoms with Gasteiger partial charge < -0.3 is 4.74 Å². The minimum atomic E-state index is -3.54. The van der Waals surface area contributed by atoms with Crippen molar-refractivity contribution in [1.82, 2.24) is 0 Å². The fraction of sp³-hybridized carbons (Fsp3) is 0.500. The first-order chi connectivity index (χ1) is 9.24. The second kappa shape index (κ2) is 6.74. The highest BCUT2D eigenvalue weighted by Crippen LogP contribution is 2.18. The van der Waals surface area contributed by atoms with Crippen molar-refractivity contribution in [3.63, 3.8) is 0 Å². The predicted molar refractivity (Wildman–Crippen MR) is 79.2 cm³/mol. The molecule has 112 valence electrons. The fourth-order valence-electron chi connectivity index (χ4n) is 1.72. The molecule has 1 aromatic rings. The normalized spacial score (nSPS) is 11.4. The van der Waals surface area contributed by atoms with Gasteiger partial charge >= 0.3 is 5.97 Å². The summed E-state index contributed by atoms with van der Waals surface area (Å²) in [4.78, 5) is 11.7. The van der Waals surface area contributed by atoms with E-state index >= 15 is 0 Å². The van der Waals surface area contributed by atoms with Crippen molar-refractivity contribution in [2.24, 2.45) is 0 Å². The topological polar surface area (TPSA) is 63.7 Å². The Kier molecular flexibility index (Phi) is 5.56. The van der Waals surface area contributed by atoms with Gasteiger partial charge in [-0.1, -0.05) is 19.1 Å². The molecule has 0 atom stereocenters. The molecule has 1 rings (SSSR count). The van der Waals surface area contributed by atoms with Crippen LogP contribution in [-0.4, -0.2) is 33.3 Å². The van der Waals surface area contributed by atoms with Crippen LogP contribution in [0, 0.1) is 0 Å². The lowest BCUT2D eigenvalue weighted by Gasteiger charge is -2.22. The summed E-state index contributed by atoms with van der Waals surface area (Å²) in [5, 5.41) is 0. The van der Waals surface area contributed by atoms with Gasteiger partial charge in [-0.15, -0.1) is 0 Å². The van der Waals surface area contributed by atoms with Crippen LogP contribution in [0.3, 0.4) is 0 Å². The summed E-state index contributed by atoms with van der Waals surface area (Å²) in [6.45, 7) is 5.14. The molecule has 0 saturated carbocycles. The lowest BCUT2D eigenvalue weighted by molar-refractivity contribution is -0.145. The number of carbonyl (C=O) groups is 1. The van der Waals surface area contributed by atoms with E-state index in [0.29, 0.717) is 5.69 Å². The number of ether oxygens (including phenoxy) is 1. The number of nitrogens with zero attached hydrogens (tertiary/aromatic N) is 1. The molecular formula is C14H21NO4S. The van der Waals surface area contributed by atoms with Crippen LogP contribution in [-0.2, 0) is 26.0 Å². The standard InChI is InChI=1S/C14H21NO4S/c1-5-12-6-8-13(9-7-12)15(20(4,17)18)10-14(16)19-11(2)3/h6-9,11H,5,10H2,1-4H3. The van der Waals surface area contributed by atoms with Crippen molar-refractivity contribution >= 4 is 21.7 Å². The first kappa shape index (κ1) is 16.5. The molecule has 5 nitrogen and oxygen atoms in total. The molecule has 0 heterocycles. The van der Waals surface area contributed by atoms with Gasteiger partial charge in [0.15, 0.2) is 0 Å². The summed E-state index contributed by atoms with van der Waals surface area (Å²) in [5.41, 5.74) is 1.57. The Morgan fingerprint density at radius 2 is 1.80 bits per heavy atom. The molecule has 0 radical (unpaired) electrons. The van der Waals surface area contributed by atoms with E-state index < -0.39 is 16.0 Å². The van der Waals surface area contributed by atoms with Gasteiger partial charge in [0.25, 0.3) is 0 Å². The van der Waals surface area contributed by atoms with Gasteiger partial charge in [0.05, 0.1) is 18.0 Å². The zero-order chi connectivity index (χ0) is 15.3. The smallest absolute Gasteiger partial charge is 0.327 e. The molecule has 20 heavy (non-hydrogen) atoms. The van der Waals surface area contributed by atoms with Crippen molar-refractivity contribution in [2.75, 3.05) is 17.1 Å². The lowest BCUT2D eigenvalue weighted by atomic mass is 10.1. The zero-order valence-electron chi connectivity index (χ0n) is 12.3. The van der Waals surface area contributed by atoms with Crippen LogP contribution in [0.25, 0.3) is 0 Å². The number of benzene rings is 1. The van der Waals surface area contributed by atoms with Crippen LogP contribution < -0.4 is 4.31 Å². The average Bonchev–Trinajstić information content (AvgIpc) is 2.34. The van der Waals surface area contributed by atoms with Crippen molar-refractivity contribution < 1.29 is 17.9 Å². The van der Waals surface area contributed by atoms with E-state index in [9.17, 15) is 13.2 Å². The van der Waals surface area contributed by atoms with Gasteiger partial charge in [-0.3, -0.25) is 9.10 Å². The van der Waals surface area contributed by atoms with Crippen LogP contribution >= 0.6 is 0 Å². The van der Waals surface area contributed by atoms with E-state index in [1.54, 1.807) is 26.0 Å². The van der Waals surface area contributed by atoms with Gasteiger partial charge in [-0.05, 0) is 38.0 Å². The number of hydrogen-bond acceptors (Lipinski definition) is 4. The molecule has 0 spiro atoms. The Hall–Kier alpha value is -1.56. The van der Waals surface area contributed by atoms with Crippen LogP contribution in [0.4, 0.5) is 5.69 Å². The number of esters is 1. The SMILES string of the molecule is CCc1ccc(N(CC(=O)OC(C)C)S(C)(=O)=O)cc1. The van der Waals surface area contributed by atoms with E-state index in [2.05, 4.69) is 0 Å². The molecule has 0 aromatic heterocycles. The van der Waals surface area contributed by atoms with Crippen LogP contribution in [0.2, 0.25) is 0 Å². The summed E-state index contributed by atoms with van der Waals surface area (Å²) in [5.74, 6) is -0.565. The van der Waals surface area contributed by atoms with Crippen molar-refractivity contribution in [2.45, 2.75) is 33.3 Å². The maximum Gasteiger partial charge on any atom is 0.327 e. The van der Waals surface area contributed by atoms with Gasteiger partial charge in [0.1, 0.15) is 6.54 Å². The largest absolute Gasteiger partial charge is 0.462 e. The van der Waals surface area contributed by atoms with E-state index in [4.69, 9.17) is 4.74 Å². The number of carbonyl (C=O) groups excluding carboxylic acids is 1. The Bertz CT molecular complexity index is 549. The molecule has 0 amide bonds. The third-order valence-corrected chi connectivity index (χ3v) is 3.81. The second-order valence-electron chi connectivity index (χ2n) is 4.83. The fourth-order valence-corrected chi connectivity index (χ4v) is 2.56. The highest BCUT2D eigenvalue weighted by molar-refractivity contribution is 7.92. The monoisotopic (exact) mass is 299 g/mol. The minimum Gasteiger partial charge on any atom is -0.462 e.